The molecule has 1 amide bonds. The highest BCUT2D eigenvalue weighted by Crippen LogP contribution is 2.33. The molecule has 0 bridgehead atoms. The highest BCUT2D eigenvalue weighted by atomic mass is 32.2. The van der Waals surface area contributed by atoms with Crippen LogP contribution in [0.1, 0.15) is 39.0 Å². The van der Waals surface area contributed by atoms with E-state index in [0.717, 1.165) is 34.8 Å². The summed E-state index contributed by atoms with van der Waals surface area (Å²) in [5.41, 5.74) is 2.29. The molecule has 30 heavy (non-hydrogen) atoms. The van der Waals surface area contributed by atoms with E-state index in [1.54, 1.807) is 11.3 Å². The number of carbonyl (C=O) groups is 2. The highest BCUT2D eigenvalue weighted by molar-refractivity contribution is 7.99. The third-order valence-electron chi connectivity index (χ3n) is 4.51. The van der Waals surface area contributed by atoms with Gasteiger partial charge in [0, 0.05) is 27.2 Å². The van der Waals surface area contributed by atoms with Gasteiger partial charge in [-0.3, -0.25) is 4.79 Å². The SMILES string of the molecule is CCCn1c(SCC(=O)Nc2sc(C)c(C)c2C(=O)OC)nnc1-c1csc(C)c1. The summed E-state index contributed by atoms with van der Waals surface area (Å²) in [7, 11) is 1.34. The molecule has 0 aliphatic carbocycles. The van der Waals surface area contributed by atoms with Crippen LogP contribution in [0.15, 0.2) is 16.6 Å². The van der Waals surface area contributed by atoms with Gasteiger partial charge in [-0.1, -0.05) is 18.7 Å². The molecule has 1 N–H and O–H groups in total. The Morgan fingerprint density at radius 3 is 2.67 bits per heavy atom. The van der Waals surface area contributed by atoms with E-state index in [1.165, 1.54) is 35.1 Å². The Hall–Kier alpha value is -2.17. The van der Waals surface area contributed by atoms with Crippen LogP contribution < -0.4 is 5.32 Å². The second-order valence-electron chi connectivity index (χ2n) is 6.72. The van der Waals surface area contributed by atoms with E-state index in [-0.39, 0.29) is 11.7 Å². The van der Waals surface area contributed by atoms with Gasteiger partial charge in [-0.15, -0.1) is 32.9 Å². The number of nitrogens with zero attached hydrogens (tertiary/aromatic N) is 3. The van der Waals surface area contributed by atoms with Crippen molar-refractivity contribution in [1.82, 2.24) is 14.8 Å². The van der Waals surface area contributed by atoms with Crippen molar-refractivity contribution in [2.24, 2.45) is 0 Å². The summed E-state index contributed by atoms with van der Waals surface area (Å²) < 4.78 is 6.92. The van der Waals surface area contributed by atoms with Crippen LogP contribution >= 0.6 is 34.4 Å². The first-order valence-corrected chi connectivity index (χ1v) is 12.1. The highest BCUT2D eigenvalue weighted by Gasteiger charge is 2.22. The van der Waals surface area contributed by atoms with Gasteiger partial charge in [-0.05, 0) is 38.8 Å². The maximum Gasteiger partial charge on any atom is 0.341 e. The first kappa shape index (κ1) is 22.5. The lowest BCUT2D eigenvalue weighted by Crippen LogP contribution is -2.16. The molecule has 0 spiro atoms. The Balaban J connectivity index is 1.73. The van der Waals surface area contributed by atoms with E-state index in [0.29, 0.717) is 15.7 Å². The lowest BCUT2D eigenvalue weighted by molar-refractivity contribution is -0.113. The predicted molar refractivity (Wildman–Crippen MR) is 123 cm³/mol. The number of rotatable bonds is 8. The second-order valence-corrected chi connectivity index (χ2v) is 10.0. The number of hydrogen-bond acceptors (Lipinski definition) is 8. The lowest BCUT2D eigenvalue weighted by Gasteiger charge is -2.08. The number of hydrogen-bond donors (Lipinski definition) is 1. The van der Waals surface area contributed by atoms with Crippen LogP contribution in [0.4, 0.5) is 5.00 Å². The molecule has 7 nitrogen and oxygen atoms in total. The van der Waals surface area contributed by atoms with Crippen LogP contribution in [0.3, 0.4) is 0 Å². The molecule has 10 heteroatoms. The Kier molecular flexibility index (Phi) is 7.32. The average molecular weight is 465 g/mol. The zero-order valence-corrected chi connectivity index (χ0v) is 20.0. The largest absolute Gasteiger partial charge is 0.465 e. The molecule has 0 aromatic carbocycles. The van der Waals surface area contributed by atoms with Gasteiger partial charge in [-0.2, -0.15) is 0 Å². The van der Waals surface area contributed by atoms with Crippen LogP contribution in [0.2, 0.25) is 0 Å². The van der Waals surface area contributed by atoms with Crippen LogP contribution in [-0.4, -0.2) is 39.5 Å². The predicted octanol–water partition coefficient (Wildman–Crippen LogP) is 4.92. The third-order valence-corrected chi connectivity index (χ3v) is 7.46. The molecule has 3 rings (SSSR count). The van der Waals surface area contributed by atoms with Crippen molar-refractivity contribution < 1.29 is 14.3 Å². The Morgan fingerprint density at radius 1 is 1.27 bits per heavy atom. The van der Waals surface area contributed by atoms with Gasteiger partial charge in [0.25, 0.3) is 0 Å². The van der Waals surface area contributed by atoms with Crippen molar-refractivity contribution in [1.29, 1.82) is 0 Å². The van der Waals surface area contributed by atoms with E-state index in [4.69, 9.17) is 4.74 Å². The number of aromatic nitrogens is 3. The van der Waals surface area contributed by atoms with Gasteiger partial charge in [0.1, 0.15) is 5.00 Å². The summed E-state index contributed by atoms with van der Waals surface area (Å²) in [5.74, 6) is 0.339. The lowest BCUT2D eigenvalue weighted by atomic mass is 10.1. The minimum absolute atomic E-state index is 0.168. The van der Waals surface area contributed by atoms with Crippen molar-refractivity contribution in [2.75, 3.05) is 18.2 Å². The van der Waals surface area contributed by atoms with E-state index in [2.05, 4.69) is 45.4 Å². The number of thiophene rings is 2. The summed E-state index contributed by atoms with van der Waals surface area (Å²) >= 11 is 4.39. The fraction of sp³-hybridized carbons (Fsp3) is 0.400. The smallest absolute Gasteiger partial charge is 0.341 e. The van der Waals surface area contributed by atoms with Crippen LogP contribution in [0.5, 0.6) is 0 Å². The molecule has 160 valence electrons. The maximum absolute atomic E-state index is 12.6. The Morgan fingerprint density at radius 2 is 2.03 bits per heavy atom. The van der Waals surface area contributed by atoms with Gasteiger partial charge in [0.15, 0.2) is 11.0 Å². The third kappa shape index (κ3) is 4.76. The maximum atomic E-state index is 12.6. The van der Waals surface area contributed by atoms with Crippen LogP contribution in [-0.2, 0) is 16.1 Å². The number of carbonyl (C=O) groups excluding carboxylic acids is 2. The monoisotopic (exact) mass is 464 g/mol. The van der Waals surface area contributed by atoms with Crippen LogP contribution in [0, 0.1) is 20.8 Å². The molecule has 0 atom stereocenters. The van der Waals surface area contributed by atoms with Gasteiger partial charge >= 0.3 is 5.97 Å². The quantitative estimate of drug-likeness (QED) is 0.376. The minimum Gasteiger partial charge on any atom is -0.465 e. The van der Waals surface area contributed by atoms with E-state index < -0.39 is 5.97 Å². The summed E-state index contributed by atoms with van der Waals surface area (Å²) in [6.07, 6.45) is 0.935. The van der Waals surface area contributed by atoms with Gasteiger partial charge in [-0.25, -0.2) is 4.79 Å². The molecule has 0 aliphatic heterocycles. The summed E-state index contributed by atoms with van der Waals surface area (Å²) in [4.78, 5) is 26.9. The van der Waals surface area contributed by atoms with Crippen molar-refractivity contribution in [2.45, 2.75) is 45.8 Å². The molecule has 0 saturated heterocycles. The number of esters is 1. The van der Waals surface area contributed by atoms with Gasteiger partial charge in [0.2, 0.25) is 5.91 Å². The second kappa shape index (κ2) is 9.76. The molecule has 0 aliphatic rings. The van der Waals surface area contributed by atoms with Gasteiger partial charge < -0.3 is 14.6 Å². The van der Waals surface area contributed by atoms with Gasteiger partial charge in [0.05, 0.1) is 18.4 Å². The summed E-state index contributed by atoms with van der Waals surface area (Å²) in [6, 6.07) is 2.10. The van der Waals surface area contributed by atoms with Crippen molar-refractivity contribution in [3.8, 4) is 11.4 Å². The topological polar surface area (TPSA) is 86.1 Å². The molecule has 3 aromatic rings. The molecule has 3 heterocycles. The summed E-state index contributed by atoms with van der Waals surface area (Å²) in [6.45, 7) is 8.70. The van der Waals surface area contributed by atoms with E-state index in [9.17, 15) is 9.59 Å². The first-order valence-electron chi connectivity index (χ1n) is 9.45. The first-order chi connectivity index (χ1) is 14.3. The standard InChI is InChI=1S/C20H24N4O3S3/c1-6-7-24-17(14-8-11(2)28-9-14)22-23-20(24)29-10-15(25)21-18-16(19(26)27-5)12(3)13(4)30-18/h8-9H,6-7,10H2,1-5H3,(H,21,25). The van der Waals surface area contributed by atoms with Crippen molar-refractivity contribution in [3.05, 3.63) is 32.3 Å². The van der Waals surface area contributed by atoms with E-state index in [1.807, 2.05) is 13.8 Å². The number of aryl methyl sites for hydroxylation is 2. The average Bonchev–Trinajstić information content (AvgIpc) is 3.38. The fourth-order valence-corrected chi connectivity index (χ4v) is 5.46. The minimum atomic E-state index is -0.446. The number of nitrogens with one attached hydrogen (secondary N) is 1. The Bertz CT molecular complexity index is 1070. The normalized spacial score (nSPS) is 11.0. The molecule has 0 radical (unpaired) electrons. The number of methoxy groups -OCH3 is 1. The molecular formula is C20H24N4O3S3. The molecule has 0 saturated carbocycles. The zero-order valence-electron chi connectivity index (χ0n) is 17.6. The molecule has 0 fully saturated rings. The number of amides is 1. The fourth-order valence-electron chi connectivity index (χ4n) is 2.95. The number of ether oxygens (including phenoxy) is 1. The van der Waals surface area contributed by atoms with Crippen molar-refractivity contribution in [3.63, 3.8) is 0 Å². The zero-order chi connectivity index (χ0) is 21.8. The molecular weight excluding hydrogens is 440 g/mol. The molecule has 0 unspecified atom stereocenters. The Labute approximate surface area is 187 Å². The number of thioether (sulfide) groups is 1. The summed E-state index contributed by atoms with van der Waals surface area (Å²) in [5, 5.41) is 14.8. The van der Waals surface area contributed by atoms with E-state index >= 15 is 0 Å². The molecule has 3 aromatic heterocycles. The number of anilines is 1. The van der Waals surface area contributed by atoms with Crippen molar-refractivity contribution >= 4 is 51.3 Å². The van der Waals surface area contributed by atoms with Crippen LogP contribution in [0.25, 0.3) is 11.4 Å².